The monoisotopic (exact) mass is 331 g/mol. The molecule has 0 atom stereocenters. The van der Waals surface area contributed by atoms with E-state index in [9.17, 15) is 0 Å². The summed E-state index contributed by atoms with van der Waals surface area (Å²) in [5.74, 6) is 1.49. The zero-order valence-corrected chi connectivity index (χ0v) is 12.8. The van der Waals surface area contributed by atoms with Crippen molar-refractivity contribution >= 4 is 27.4 Å². The lowest BCUT2D eigenvalue weighted by Gasteiger charge is -2.06. The van der Waals surface area contributed by atoms with E-state index in [0.717, 1.165) is 32.7 Å². The highest BCUT2D eigenvalue weighted by Gasteiger charge is 2.12. The highest BCUT2D eigenvalue weighted by Crippen LogP contribution is 2.30. The highest BCUT2D eigenvalue weighted by molar-refractivity contribution is 9.10. The lowest BCUT2D eigenvalue weighted by Crippen LogP contribution is -1.94. The molecule has 0 aliphatic carbocycles. The molecule has 0 aliphatic heterocycles. The topological polar surface area (TPSA) is 52.5 Å². The third-order valence-electron chi connectivity index (χ3n) is 3.29. The fraction of sp³-hybridized carbons (Fsp3) is 0.133. The maximum Gasteiger partial charge on any atom is 0.139 e. The molecule has 0 saturated carbocycles. The average Bonchev–Trinajstić information content (AvgIpc) is 2.76. The Morgan fingerprint density at radius 2 is 2.05 bits per heavy atom. The molecule has 0 aliphatic rings. The minimum atomic E-state index is 0.630. The summed E-state index contributed by atoms with van der Waals surface area (Å²) in [6, 6.07) is 9.82. The second-order valence-corrected chi connectivity index (χ2v) is 5.52. The number of anilines is 1. The molecule has 0 bridgehead atoms. The summed E-state index contributed by atoms with van der Waals surface area (Å²) in [4.78, 5) is 4.60. The van der Waals surface area contributed by atoms with Crippen LogP contribution in [0.15, 0.2) is 41.0 Å². The number of imidazole rings is 1. The van der Waals surface area contributed by atoms with Crippen LogP contribution in [0.1, 0.15) is 5.56 Å². The van der Waals surface area contributed by atoms with E-state index in [1.165, 1.54) is 0 Å². The van der Waals surface area contributed by atoms with Crippen LogP contribution in [0.2, 0.25) is 0 Å². The number of aromatic nitrogens is 2. The Bertz CT molecular complexity index is 795. The van der Waals surface area contributed by atoms with E-state index < -0.39 is 0 Å². The van der Waals surface area contributed by atoms with Gasteiger partial charge in [-0.25, -0.2) is 4.98 Å². The van der Waals surface area contributed by atoms with Gasteiger partial charge in [0.25, 0.3) is 0 Å². The Morgan fingerprint density at radius 3 is 2.75 bits per heavy atom. The number of hydrogen-bond donors (Lipinski definition) is 1. The molecule has 3 rings (SSSR count). The van der Waals surface area contributed by atoms with Gasteiger partial charge in [0.05, 0.1) is 7.11 Å². The van der Waals surface area contributed by atoms with Gasteiger partial charge in [0.2, 0.25) is 0 Å². The first-order valence-electron chi connectivity index (χ1n) is 6.18. The molecule has 5 heteroatoms. The molecule has 102 valence electrons. The molecular weight excluding hydrogens is 318 g/mol. The number of nitrogen functional groups attached to an aromatic ring is 1. The minimum absolute atomic E-state index is 0.630. The number of methoxy groups -OCH3 is 1. The van der Waals surface area contributed by atoms with Crippen molar-refractivity contribution in [3.05, 3.63) is 46.6 Å². The van der Waals surface area contributed by atoms with Gasteiger partial charge in [0.1, 0.15) is 22.9 Å². The molecule has 0 fully saturated rings. The standard InChI is InChI=1S/C15H14BrN3O/c1-9-7-10(3-5-12(9)20-2)14-15(17)19-8-11(16)4-6-13(19)18-14/h3-8H,17H2,1-2H3. The smallest absolute Gasteiger partial charge is 0.139 e. The number of halogens is 1. The normalized spacial score (nSPS) is 10.9. The van der Waals surface area contributed by atoms with Crippen LogP contribution in [-0.4, -0.2) is 16.5 Å². The van der Waals surface area contributed by atoms with Crippen molar-refractivity contribution in [2.45, 2.75) is 6.92 Å². The van der Waals surface area contributed by atoms with E-state index in [2.05, 4.69) is 20.9 Å². The summed E-state index contributed by atoms with van der Waals surface area (Å²) in [6.07, 6.45) is 1.91. The molecule has 0 radical (unpaired) electrons. The molecular formula is C15H14BrN3O. The average molecular weight is 332 g/mol. The van der Waals surface area contributed by atoms with E-state index in [0.29, 0.717) is 5.82 Å². The van der Waals surface area contributed by atoms with Crippen LogP contribution >= 0.6 is 15.9 Å². The Hall–Kier alpha value is -2.01. The van der Waals surface area contributed by atoms with Crippen molar-refractivity contribution in [3.8, 4) is 17.0 Å². The van der Waals surface area contributed by atoms with Crippen molar-refractivity contribution in [1.29, 1.82) is 0 Å². The number of nitrogens with zero attached hydrogens (tertiary/aromatic N) is 2. The second kappa shape index (κ2) is 4.83. The van der Waals surface area contributed by atoms with E-state index in [1.54, 1.807) is 7.11 Å². The number of rotatable bonds is 2. The first-order valence-corrected chi connectivity index (χ1v) is 6.97. The summed E-state index contributed by atoms with van der Waals surface area (Å²) in [5.41, 5.74) is 9.87. The van der Waals surface area contributed by atoms with Gasteiger partial charge in [-0.05, 0) is 58.7 Å². The number of nitrogens with two attached hydrogens (primary N) is 1. The van der Waals surface area contributed by atoms with Gasteiger partial charge in [-0.1, -0.05) is 0 Å². The van der Waals surface area contributed by atoms with Crippen molar-refractivity contribution < 1.29 is 4.74 Å². The van der Waals surface area contributed by atoms with Crippen molar-refractivity contribution in [3.63, 3.8) is 0 Å². The van der Waals surface area contributed by atoms with Crippen molar-refractivity contribution in [1.82, 2.24) is 9.38 Å². The molecule has 4 nitrogen and oxygen atoms in total. The number of fused-ring (bicyclic) bond motifs is 1. The first kappa shape index (κ1) is 13.0. The molecule has 2 heterocycles. The van der Waals surface area contributed by atoms with Gasteiger partial charge in [-0.3, -0.25) is 4.40 Å². The minimum Gasteiger partial charge on any atom is -0.496 e. The predicted octanol–water partition coefficient (Wildman–Crippen LogP) is 3.66. The molecule has 0 unspecified atom stereocenters. The van der Waals surface area contributed by atoms with Crippen molar-refractivity contribution in [2.24, 2.45) is 0 Å². The van der Waals surface area contributed by atoms with Gasteiger partial charge in [-0.2, -0.15) is 0 Å². The maximum atomic E-state index is 6.21. The number of ether oxygens (including phenoxy) is 1. The zero-order valence-electron chi connectivity index (χ0n) is 11.2. The lowest BCUT2D eigenvalue weighted by molar-refractivity contribution is 0.412. The fourth-order valence-electron chi connectivity index (χ4n) is 2.28. The second-order valence-electron chi connectivity index (χ2n) is 4.61. The predicted molar refractivity (Wildman–Crippen MR) is 84.0 cm³/mol. The van der Waals surface area contributed by atoms with E-state index >= 15 is 0 Å². The summed E-state index contributed by atoms with van der Waals surface area (Å²) in [6.45, 7) is 2.00. The van der Waals surface area contributed by atoms with Gasteiger partial charge in [0, 0.05) is 16.2 Å². The summed E-state index contributed by atoms with van der Waals surface area (Å²) in [7, 11) is 1.67. The molecule has 1 aromatic carbocycles. The Labute approximate surface area is 125 Å². The summed E-state index contributed by atoms with van der Waals surface area (Å²) < 4.78 is 8.12. The molecule has 2 N–H and O–H groups in total. The Morgan fingerprint density at radius 1 is 1.25 bits per heavy atom. The van der Waals surface area contributed by atoms with E-state index in [4.69, 9.17) is 10.5 Å². The van der Waals surface area contributed by atoms with Gasteiger partial charge in [0.15, 0.2) is 0 Å². The molecule has 0 amide bonds. The van der Waals surface area contributed by atoms with Crippen LogP contribution in [-0.2, 0) is 0 Å². The lowest BCUT2D eigenvalue weighted by atomic mass is 10.1. The van der Waals surface area contributed by atoms with E-state index in [-0.39, 0.29) is 0 Å². The number of aryl methyl sites for hydroxylation is 1. The quantitative estimate of drug-likeness (QED) is 0.779. The number of benzene rings is 1. The van der Waals surface area contributed by atoms with Gasteiger partial charge < -0.3 is 10.5 Å². The fourth-order valence-corrected chi connectivity index (χ4v) is 2.61. The SMILES string of the molecule is COc1ccc(-c2nc3ccc(Br)cn3c2N)cc1C. The van der Waals surface area contributed by atoms with Crippen LogP contribution in [0.3, 0.4) is 0 Å². The van der Waals surface area contributed by atoms with Gasteiger partial charge >= 0.3 is 0 Å². The van der Waals surface area contributed by atoms with Crippen LogP contribution in [0.4, 0.5) is 5.82 Å². The largest absolute Gasteiger partial charge is 0.496 e. The number of hydrogen-bond acceptors (Lipinski definition) is 3. The summed E-state index contributed by atoms with van der Waals surface area (Å²) in [5, 5.41) is 0. The molecule has 0 saturated heterocycles. The molecule has 0 spiro atoms. The maximum absolute atomic E-state index is 6.21. The van der Waals surface area contributed by atoms with Crippen molar-refractivity contribution in [2.75, 3.05) is 12.8 Å². The Balaban J connectivity index is 2.19. The van der Waals surface area contributed by atoms with E-state index in [1.807, 2.05) is 47.9 Å². The third-order valence-corrected chi connectivity index (χ3v) is 3.76. The molecule has 3 aromatic rings. The van der Waals surface area contributed by atoms with Gasteiger partial charge in [-0.15, -0.1) is 0 Å². The molecule has 2 aromatic heterocycles. The summed E-state index contributed by atoms with van der Waals surface area (Å²) >= 11 is 3.44. The third kappa shape index (κ3) is 2.04. The van der Waals surface area contributed by atoms with Crippen LogP contribution in [0, 0.1) is 6.92 Å². The molecule has 20 heavy (non-hydrogen) atoms. The first-order chi connectivity index (χ1) is 9.60. The van der Waals surface area contributed by atoms with Crippen LogP contribution in [0.25, 0.3) is 16.9 Å². The number of pyridine rings is 1. The zero-order chi connectivity index (χ0) is 14.3. The highest BCUT2D eigenvalue weighted by atomic mass is 79.9. The van der Waals surface area contributed by atoms with Crippen LogP contribution in [0.5, 0.6) is 5.75 Å². The van der Waals surface area contributed by atoms with Crippen LogP contribution < -0.4 is 10.5 Å². The Kier molecular flexibility index (Phi) is 3.14.